The van der Waals surface area contributed by atoms with E-state index in [-0.39, 0.29) is 39.9 Å². The second kappa shape index (κ2) is 10.3. The van der Waals surface area contributed by atoms with Crippen molar-refractivity contribution in [3.63, 3.8) is 0 Å². The summed E-state index contributed by atoms with van der Waals surface area (Å²) in [7, 11) is 5.37. The van der Waals surface area contributed by atoms with Crippen LogP contribution in [0.3, 0.4) is 0 Å². The lowest BCUT2D eigenvalue weighted by Crippen LogP contribution is -2.21. The van der Waals surface area contributed by atoms with Gasteiger partial charge in [-0.05, 0) is 25.6 Å². The molecule has 5 heterocycles. The molecule has 41 heavy (non-hydrogen) atoms. The van der Waals surface area contributed by atoms with Gasteiger partial charge in [-0.25, -0.2) is 14.5 Å². The number of ether oxygens (including phenoxy) is 2. The van der Waals surface area contributed by atoms with E-state index in [0.717, 1.165) is 25.1 Å². The fourth-order valence-electron chi connectivity index (χ4n) is 4.70. The van der Waals surface area contributed by atoms with Crippen LogP contribution in [0.1, 0.15) is 12.0 Å². The molecule has 0 spiro atoms. The first-order valence-corrected chi connectivity index (χ1v) is 13.0. The van der Waals surface area contributed by atoms with Gasteiger partial charge in [-0.15, -0.1) is 0 Å². The Morgan fingerprint density at radius 2 is 1.90 bits per heavy atom. The van der Waals surface area contributed by atoms with Gasteiger partial charge in [0, 0.05) is 38.9 Å². The van der Waals surface area contributed by atoms with Crippen molar-refractivity contribution in [3.8, 4) is 17.2 Å². The van der Waals surface area contributed by atoms with E-state index < -0.39 is 11.7 Å². The molecule has 6 rings (SSSR count). The number of nitrogens with zero attached hydrogens (tertiary/aromatic N) is 7. The van der Waals surface area contributed by atoms with Crippen LogP contribution in [0.15, 0.2) is 43.0 Å². The fraction of sp³-hybridized carbons (Fsp3) is 0.308. The van der Waals surface area contributed by atoms with Gasteiger partial charge in [0.15, 0.2) is 17.1 Å². The third kappa shape index (κ3) is 5.27. The molecule has 0 saturated carbocycles. The first-order valence-electron chi connectivity index (χ1n) is 12.6. The number of rotatable bonds is 7. The van der Waals surface area contributed by atoms with Gasteiger partial charge in [-0.2, -0.15) is 23.3 Å². The maximum absolute atomic E-state index is 13.7. The number of likely N-dealkylation sites (N-methyl/N-ethyl adjacent to an activating group) is 1. The van der Waals surface area contributed by atoms with Crippen molar-refractivity contribution in [1.82, 2.24) is 34.0 Å². The molecule has 5 aromatic rings. The minimum Gasteiger partial charge on any atom is -0.489 e. The van der Waals surface area contributed by atoms with Crippen LogP contribution in [0, 0.1) is 0 Å². The summed E-state index contributed by atoms with van der Waals surface area (Å²) in [6.07, 6.45) is 2.26. The molecule has 214 valence electrons. The monoisotopic (exact) mass is 587 g/mol. The molecule has 1 unspecified atom stereocenters. The second-order valence-corrected chi connectivity index (χ2v) is 10.1. The van der Waals surface area contributed by atoms with E-state index in [9.17, 15) is 13.2 Å². The largest absolute Gasteiger partial charge is 0.489 e. The topological polar surface area (TPSA) is 107 Å². The SMILES string of the molecule is CNc1cn2ncc(Oc3cnc4nc(Nc5cc(OC6CCN(C)C6)cc(C(F)(F)F)c5)n(C)c4c3Cl)c2cn1. The van der Waals surface area contributed by atoms with Crippen molar-refractivity contribution in [2.24, 2.45) is 7.05 Å². The molecule has 0 aliphatic carbocycles. The molecule has 4 aromatic heterocycles. The van der Waals surface area contributed by atoms with Crippen LogP contribution in [0.4, 0.5) is 30.6 Å². The third-order valence-corrected chi connectivity index (χ3v) is 7.16. The van der Waals surface area contributed by atoms with Crippen molar-refractivity contribution in [2.75, 3.05) is 37.8 Å². The lowest BCUT2D eigenvalue weighted by atomic mass is 10.1. The summed E-state index contributed by atoms with van der Waals surface area (Å²) in [4.78, 5) is 15.2. The Bertz CT molecular complexity index is 1750. The normalized spacial score (nSPS) is 16.0. The van der Waals surface area contributed by atoms with Gasteiger partial charge in [0.25, 0.3) is 0 Å². The predicted molar refractivity (Wildman–Crippen MR) is 147 cm³/mol. The van der Waals surface area contributed by atoms with Crippen LogP contribution in [0.5, 0.6) is 17.2 Å². The third-order valence-electron chi connectivity index (χ3n) is 6.79. The molecule has 1 atom stereocenters. The number of alkyl halides is 3. The van der Waals surface area contributed by atoms with Gasteiger partial charge in [-0.3, -0.25) is 0 Å². The number of imidazole rings is 1. The maximum Gasteiger partial charge on any atom is 0.416 e. The maximum atomic E-state index is 13.7. The number of benzene rings is 1. The number of fused-ring (bicyclic) bond motifs is 2. The highest BCUT2D eigenvalue weighted by atomic mass is 35.5. The van der Waals surface area contributed by atoms with Crippen molar-refractivity contribution in [2.45, 2.75) is 18.7 Å². The Hall–Kier alpha value is -4.30. The molecule has 2 N–H and O–H groups in total. The molecule has 1 aliphatic heterocycles. The number of hydrogen-bond acceptors (Lipinski definition) is 9. The van der Waals surface area contributed by atoms with Crippen LogP contribution in [-0.4, -0.2) is 67.3 Å². The Kier molecular flexibility index (Phi) is 6.74. The van der Waals surface area contributed by atoms with Gasteiger partial charge in [0.05, 0.1) is 30.4 Å². The summed E-state index contributed by atoms with van der Waals surface area (Å²) in [6, 6.07) is 3.54. The fourth-order valence-corrected chi connectivity index (χ4v) is 5.00. The van der Waals surface area contributed by atoms with Crippen molar-refractivity contribution >= 4 is 45.7 Å². The zero-order valence-electron chi connectivity index (χ0n) is 22.2. The molecule has 1 saturated heterocycles. The molecular weight excluding hydrogens is 563 g/mol. The van der Waals surface area contributed by atoms with E-state index in [0.29, 0.717) is 29.1 Å². The number of hydrogen-bond donors (Lipinski definition) is 2. The van der Waals surface area contributed by atoms with Crippen molar-refractivity contribution < 1.29 is 22.6 Å². The first kappa shape index (κ1) is 26.9. The van der Waals surface area contributed by atoms with E-state index >= 15 is 0 Å². The van der Waals surface area contributed by atoms with Gasteiger partial charge >= 0.3 is 6.18 Å². The van der Waals surface area contributed by atoms with Crippen LogP contribution >= 0.6 is 11.6 Å². The predicted octanol–water partition coefficient (Wildman–Crippen LogP) is 5.34. The molecule has 1 fully saturated rings. The molecule has 15 heteroatoms. The number of halogens is 4. The first-order chi connectivity index (χ1) is 19.6. The summed E-state index contributed by atoms with van der Waals surface area (Å²) < 4.78 is 56.3. The summed E-state index contributed by atoms with van der Waals surface area (Å²) in [5, 5.41) is 10.4. The van der Waals surface area contributed by atoms with Gasteiger partial charge in [-0.1, -0.05) is 11.6 Å². The van der Waals surface area contributed by atoms with Crippen LogP contribution in [-0.2, 0) is 13.2 Å². The van der Waals surface area contributed by atoms with E-state index in [4.69, 9.17) is 21.1 Å². The van der Waals surface area contributed by atoms with Crippen molar-refractivity contribution in [3.05, 3.63) is 53.6 Å². The molecule has 1 aromatic carbocycles. The van der Waals surface area contributed by atoms with Crippen LogP contribution in [0.2, 0.25) is 5.02 Å². The van der Waals surface area contributed by atoms with Crippen molar-refractivity contribution in [1.29, 1.82) is 0 Å². The molecule has 11 nitrogen and oxygen atoms in total. The molecule has 1 aliphatic rings. The highest BCUT2D eigenvalue weighted by Crippen LogP contribution is 2.38. The average Bonchev–Trinajstić information content (AvgIpc) is 3.62. The van der Waals surface area contributed by atoms with E-state index in [2.05, 4.69) is 35.6 Å². The molecule has 0 radical (unpaired) electrons. The molecule has 0 amide bonds. The van der Waals surface area contributed by atoms with Gasteiger partial charge < -0.3 is 29.6 Å². The van der Waals surface area contributed by atoms with E-state index in [1.165, 1.54) is 18.5 Å². The Morgan fingerprint density at radius 1 is 1.07 bits per heavy atom. The van der Waals surface area contributed by atoms with Gasteiger partial charge in [0.1, 0.15) is 33.7 Å². The summed E-state index contributed by atoms with van der Waals surface area (Å²) in [5.74, 6) is 1.65. The molecule has 0 bridgehead atoms. The number of anilines is 3. The Labute approximate surface area is 236 Å². The molecular formula is C26H25ClF3N9O2. The summed E-state index contributed by atoms with van der Waals surface area (Å²) in [6.45, 7) is 1.46. The quantitative estimate of drug-likeness (QED) is 0.261. The zero-order valence-corrected chi connectivity index (χ0v) is 23.0. The number of aryl methyl sites for hydroxylation is 1. The van der Waals surface area contributed by atoms with E-state index in [1.54, 1.807) is 35.6 Å². The minimum atomic E-state index is -4.56. The van der Waals surface area contributed by atoms with Gasteiger partial charge in [0.2, 0.25) is 5.95 Å². The zero-order chi connectivity index (χ0) is 28.9. The number of nitrogens with one attached hydrogen (secondary N) is 2. The summed E-state index contributed by atoms with van der Waals surface area (Å²) >= 11 is 6.72. The second-order valence-electron chi connectivity index (χ2n) is 9.73. The number of pyridine rings is 1. The lowest BCUT2D eigenvalue weighted by Gasteiger charge is -2.17. The lowest BCUT2D eigenvalue weighted by molar-refractivity contribution is -0.137. The number of aromatic nitrogens is 6. The highest BCUT2D eigenvalue weighted by Gasteiger charge is 2.32. The number of likely N-dealkylation sites (tertiary alicyclic amines) is 1. The standard InChI is InChI=1S/C26H25ClF3N9O2/c1-31-21-13-39-18(9-32-21)19(11-34-39)41-20-10-33-24-23(22(20)27)38(3)25(36-24)35-15-6-14(26(28,29)30)7-17(8-15)40-16-4-5-37(2)12-16/h6-11,13,16,31H,4-5,12H2,1-3H3,(H,33,35,36). The van der Waals surface area contributed by atoms with E-state index in [1.807, 2.05) is 7.05 Å². The smallest absolute Gasteiger partial charge is 0.416 e. The average molecular weight is 588 g/mol. The minimum absolute atomic E-state index is 0.123. The van der Waals surface area contributed by atoms with Crippen LogP contribution in [0.25, 0.3) is 16.7 Å². The highest BCUT2D eigenvalue weighted by molar-refractivity contribution is 6.36. The Morgan fingerprint density at radius 3 is 2.63 bits per heavy atom. The van der Waals surface area contributed by atoms with Crippen LogP contribution < -0.4 is 20.1 Å². The summed E-state index contributed by atoms with van der Waals surface area (Å²) in [5.41, 5.74) is 0.645. The Balaban J connectivity index is 1.31.